The van der Waals surface area contributed by atoms with Crippen LogP contribution in [0.4, 0.5) is 11.4 Å². The summed E-state index contributed by atoms with van der Waals surface area (Å²) in [6, 6.07) is 48.5. The highest BCUT2D eigenvalue weighted by Gasteiger charge is 2.26. The Balaban J connectivity index is 1.70. The van der Waals surface area contributed by atoms with Gasteiger partial charge in [0.2, 0.25) is 0 Å². The Morgan fingerprint density at radius 1 is 0.333 bits per heavy atom. The first kappa shape index (κ1) is 29.5. The molecule has 2 nitrogen and oxygen atoms in total. The van der Waals surface area contributed by atoms with Gasteiger partial charge in [0.1, 0.15) is 0 Å². The van der Waals surface area contributed by atoms with Crippen LogP contribution >= 0.6 is 0 Å². The lowest BCUT2D eigenvalue weighted by atomic mass is 9.77. The Kier molecular flexibility index (Phi) is 7.04. The molecule has 0 heterocycles. The van der Waals surface area contributed by atoms with Crippen molar-refractivity contribution in [2.24, 2.45) is 0 Å². The summed E-state index contributed by atoms with van der Waals surface area (Å²) in [5.41, 5.74) is 30.1. The molecule has 4 N–H and O–H groups in total. The maximum atomic E-state index is 7.48. The smallest absolute Gasteiger partial charge is 0.0481 e. The fraction of sp³-hybridized carbons (Fsp3) is 0.0870. The van der Waals surface area contributed by atoms with Gasteiger partial charge in [0, 0.05) is 38.5 Å². The van der Waals surface area contributed by atoms with Crippen LogP contribution in [0, 0.1) is 27.7 Å². The molecule has 2 heteroatoms. The van der Waals surface area contributed by atoms with E-state index in [1.54, 1.807) is 0 Å². The molecule has 0 unspecified atom stereocenters. The van der Waals surface area contributed by atoms with E-state index in [1.807, 2.05) is 6.07 Å². The summed E-state index contributed by atoms with van der Waals surface area (Å²) in [5, 5.41) is 6.20. The maximum Gasteiger partial charge on any atom is 0.0481 e. The van der Waals surface area contributed by atoms with Crippen molar-refractivity contribution in [1.82, 2.24) is 0 Å². The van der Waals surface area contributed by atoms with Gasteiger partial charge in [0.05, 0.1) is 0 Å². The number of aryl methyl sites for hydroxylation is 4. The van der Waals surface area contributed by atoms with E-state index in [0.717, 1.165) is 77.1 Å². The molecule has 0 saturated carbocycles. The van der Waals surface area contributed by atoms with Crippen LogP contribution in [0.15, 0.2) is 133 Å². The van der Waals surface area contributed by atoms with E-state index in [1.165, 1.54) is 33.4 Å². The Labute approximate surface area is 282 Å². The third-order valence-corrected chi connectivity index (χ3v) is 9.88. The molecule has 0 atom stereocenters. The lowest BCUT2D eigenvalue weighted by Gasteiger charge is -2.26. The minimum absolute atomic E-state index is 0.743. The van der Waals surface area contributed by atoms with E-state index in [2.05, 4.69) is 155 Å². The molecule has 8 aromatic rings. The SMILES string of the molecule is Cc1ccc(-c2c(-c3ccc(C)cc3)c(-c3ccc(C)cc3)c3c(N)c4cc5ccccc5c(N)c4cc3c2-c2ccc(C)cc2)cc1. The van der Waals surface area contributed by atoms with Gasteiger partial charge in [-0.2, -0.15) is 0 Å². The number of hydrogen-bond acceptors (Lipinski definition) is 2. The van der Waals surface area contributed by atoms with E-state index < -0.39 is 0 Å². The second-order valence-electron chi connectivity index (χ2n) is 13.3. The van der Waals surface area contributed by atoms with E-state index >= 15 is 0 Å². The second kappa shape index (κ2) is 11.4. The van der Waals surface area contributed by atoms with Crippen LogP contribution in [-0.4, -0.2) is 0 Å². The van der Waals surface area contributed by atoms with Crippen molar-refractivity contribution >= 4 is 43.7 Å². The molecule has 232 valence electrons. The van der Waals surface area contributed by atoms with E-state index in [0.29, 0.717) is 0 Å². The van der Waals surface area contributed by atoms with Crippen molar-refractivity contribution in [2.45, 2.75) is 27.7 Å². The molecule has 0 aromatic heterocycles. The summed E-state index contributed by atoms with van der Waals surface area (Å²) < 4.78 is 0. The highest BCUT2D eigenvalue weighted by Crippen LogP contribution is 2.54. The molecule has 0 radical (unpaired) electrons. The van der Waals surface area contributed by atoms with Crippen LogP contribution in [0.25, 0.3) is 76.8 Å². The van der Waals surface area contributed by atoms with Crippen molar-refractivity contribution in [3.8, 4) is 44.5 Å². The first-order valence-electron chi connectivity index (χ1n) is 16.6. The number of rotatable bonds is 4. The summed E-state index contributed by atoms with van der Waals surface area (Å²) >= 11 is 0. The summed E-state index contributed by atoms with van der Waals surface area (Å²) in [5.74, 6) is 0. The summed E-state index contributed by atoms with van der Waals surface area (Å²) in [6.45, 7) is 8.56. The number of benzene rings is 8. The van der Waals surface area contributed by atoms with Gasteiger partial charge in [-0.1, -0.05) is 144 Å². The van der Waals surface area contributed by atoms with Crippen LogP contribution in [-0.2, 0) is 0 Å². The Morgan fingerprint density at radius 3 is 1.23 bits per heavy atom. The number of nitrogens with two attached hydrogens (primary N) is 2. The molecule has 0 aliphatic heterocycles. The standard InChI is InChI=1S/C46H38N2/c1-27-9-17-31(18-10-27)40-39-26-38-37(25-35-7-5-6-8-36(35)45(38)47)46(48)44(39)43(34-23-15-30(4)16-24-34)42(33-21-13-29(3)14-22-33)41(40)32-19-11-28(2)12-20-32/h5-26H,47-48H2,1-4H3. The molecule has 8 aromatic carbocycles. The van der Waals surface area contributed by atoms with Gasteiger partial charge in [0.15, 0.2) is 0 Å². The lowest BCUT2D eigenvalue weighted by molar-refractivity contribution is 1.45. The molecule has 0 saturated heterocycles. The predicted octanol–water partition coefficient (Wildman–Crippen LogP) is 12.2. The van der Waals surface area contributed by atoms with E-state index in [9.17, 15) is 0 Å². The number of fused-ring (bicyclic) bond motifs is 3. The highest BCUT2D eigenvalue weighted by atomic mass is 14.6. The molecule has 0 fully saturated rings. The first-order valence-corrected chi connectivity index (χ1v) is 16.6. The van der Waals surface area contributed by atoms with Crippen molar-refractivity contribution in [3.63, 3.8) is 0 Å². The van der Waals surface area contributed by atoms with Crippen molar-refractivity contribution in [2.75, 3.05) is 11.5 Å². The zero-order valence-corrected chi connectivity index (χ0v) is 27.9. The second-order valence-corrected chi connectivity index (χ2v) is 13.3. The van der Waals surface area contributed by atoms with Crippen molar-refractivity contribution in [3.05, 3.63) is 156 Å². The molecule has 0 aliphatic rings. The van der Waals surface area contributed by atoms with Crippen molar-refractivity contribution < 1.29 is 0 Å². The molecular formula is C46H38N2. The average molecular weight is 619 g/mol. The number of nitrogen functional groups attached to an aromatic ring is 2. The fourth-order valence-corrected chi connectivity index (χ4v) is 7.29. The summed E-state index contributed by atoms with van der Waals surface area (Å²) in [4.78, 5) is 0. The quantitative estimate of drug-likeness (QED) is 0.152. The molecule has 0 bridgehead atoms. The highest BCUT2D eigenvalue weighted by molar-refractivity contribution is 6.28. The number of anilines is 2. The average Bonchev–Trinajstić information content (AvgIpc) is 3.10. The molecular weight excluding hydrogens is 581 g/mol. The van der Waals surface area contributed by atoms with Crippen LogP contribution in [0.5, 0.6) is 0 Å². The van der Waals surface area contributed by atoms with Gasteiger partial charge < -0.3 is 11.5 Å². The molecule has 0 aliphatic carbocycles. The fourth-order valence-electron chi connectivity index (χ4n) is 7.29. The maximum absolute atomic E-state index is 7.48. The van der Waals surface area contributed by atoms with Crippen LogP contribution < -0.4 is 11.5 Å². The van der Waals surface area contributed by atoms with Crippen LogP contribution in [0.2, 0.25) is 0 Å². The Hall–Kier alpha value is -5.86. The van der Waals surface area contributed by atoms with Gasteiger partial charge in [-0.3, -0.25) is 0 Å². The normalized spacial score (nSPS) is 11.5. The number of hydrogen-bond donors (Lipinski definition) is 2. The third kappa shape index (κ3) is 4.80. The Bertz CT molecular complexity index is 2500. The zero-order chi connectivity index (χ0) is 33.1. The summed E-state index contributed by atoms with van der Waals surface area (Å²) in [7, 11) is 0. The topological polar surface area (TPSA) is 52.0 Å². The first-order chi connectivity index (χ1) is 23.3. The van der Waals surface area contributed by atoms with Crippen molar-refractivity contribution in [1.29, 1.82) is 0 Å². The monoisotopic (exact) mass is 618 g/mol. The minimum atomic E-state index is 0.743. The largest absolute Gasteiger partial charge is 0.398 e. The van der Waals surface area contributed by atoms with Crippen LogP contribution in [0.1, 0.15) is 22.3 Å². The van der Waals surface area contributed by atoms with Gasteiger partial charge in [0.25, 0.3) is 0 Å². The van der Waals surface area contributed by atoms with Gasteiger partial charge in [-0.25, -0.2) is 0 Å². The van der Waals surface area contributed by atoms with E-state index in [4.69, 9.17) is 11.5 Å². The molecule has 8 rings (SSSR count). The van der Waals surface area contributed by atoms with Crippen LogP contribution in [0.3, 0.4) is 0 Å². The Morgan fingerprint density at radius 2 is 0.729 bits per heavy atom. The van der Waals surface area contributed by atoms with Gasteiger partial charge >= 0.3 is 0 Å². The predicted molar refractivity (Wildman–Crippen MR) is 208 cm³/mol. The molecule has 0 spiro atoms. The third-order valence-electron chi connectivity index (χ3n) is 9.88. The minimum Gasteiger partial charge on any atom is -0.398 e. The molecule has 48 heavy (non-hydrogen) atoms. The van der Waals surface area contributed by atoms with E-state index in [-0.39, 0.29) is 0 Å². The summed E-state index contributed by atoms with van der Waals surface area (Å²) in [6.07, 6.45) is 0. The lowest BCUT2D eigenvalue weighted by Crippen LogP contribution is -2.02. The molecule has 0 amide bonds. The van der Waals surface area contributed by atoms with Gasteiger partial charge in [-0.05, 0) is 89.5 Å². The van der Waals surface area contributed by atoms with Gasteiger partial charge in [-0.15, -0.1) is 0 Å². The zero-order valence-electron chi connectivity index (χ0n) is 27.9.